The number of urea groups is 1. The number of nitrogens with one attached hydrogen (secondary N) is 1. The molecule has 0 aromatic rings. The van der Waals surface area contributed by atoms with Crippen LogP contribution in [-0.4, -0.2) is 53.3 Å². The number of aliphatic hydroxyl groups is 1. The molecule has 0 bridgehead atoms. The molecule has 2 amide bonds. The van der Waals surface area contributed by atoms with Gasteiger partial charge in [-0.15, -0.1) is 0 Å². The van der Waals surface area contributed by atoms with Gasteiger partial charge >= 0.3 is 6.03 Å². The Kier molecular flexibility index (Phi) is 5.01. The lowest BCUT2D eigenvalue weighted by molar-refractivity contribution is 0.0608. The molecule has 0 spiro atoms. The first-order valence-corrected chi connectivity index (χ1v) is 8.54. The van der Waals surface area contributed by atoms with Crippen molar-refractivity contribution < 1.29 is 9.90 Å². The summed E-state index contributed by atoms with van der Waals surface area (Å²) in [6.07, 6.45) is 7.54. The second-order valence-electron chi connectivity index (χ2n) is 6.31. The first kappa shape index (κ1) is 15.0. The van der Waals surface area contributed by atoms with Crippen LogP contribution in [0.15, 0.2) is 0 Å². The quantitative estimate of drug-likeness (QED) is 0.835. The first-order chi connectivity index (χ1) is 9.06. The number of hydrogen-bond acceptors (Lipinski definition) is 3. The molecule has 4 nitrogen and oxygen atoms in total. The van der Waals surface area contributed by atoms with Crippen molar-refractivity contribution >= 4 is 17.8 Å². The van der Waals surface area contributed by atoms with Gasteiger partial charge in [0, 0.05) is 29.8 Å². The third-order valence-corrected chi connectivity index (χ3v) is 5.59. The number of rotatable bonds is 3. The Balaban J connectivity index is 1.83. The summed E-state index contributed by atoms with van der Waals surface area (Å²) in [6, 6.07) is 0.401. The predicted molar refractivity (Wildman–Crippen MR) is 79.5 cm³/mol. The highest BCUT2D eigenvalue weighted by Crippen LogP contribution is 2.30. The summed E-state index contributed by atoms with van der Waals surface area (Å²) >= 11 is 1.90. The molecule has 0 aromatic carbocycles. The summed E-state index contributed by atoms with van der Waals surface area (Å²) in [4.78, 5) is 14.2. The van der Waals surface area contributed by atoms with E-state index in [9.17, 15) is 9.90 Å². The highest BCUT2D eigenvalue weighted by atomic mass is 32.2. The third-order valence-electron chi connectivity index (χ3n) is 4.50. The van der Waals surface area contributed by atoms with Crippen molar-refractivity contribution in [3.63, 3.8) is 0 Å². The average molecular weight is 286 g/mol. The monoisotopic (exact) mass is 286 g/mol. The lowest BCUT2D eigenvalue weighted by atomic mass is 9.83. The molecule has 1 aliphatic heterocycles. The summed E-state index contributed by atoms with van der Waals surface area (Å²) < 4.78 is 0. The Morgan fingerprint density at radius 2 is 2.32 bits per heavy atom. The highest BCUT2D eigenvalue weighted by Gasteiger charge is 2.34. The van der Waals surface area contributed by atoms with Crippen molar-refractivity contribution in [2.45, 2.75) is 50.3 Å². The van der Waals surface area contributed by atoms with E-state index >= 15 is 0 Å². The molecule has 1 saturated heterocycles. The van der Waals surface area contributed by atoms with Gasteiger partial charge in [-0.1, -0.05) is 6.92 Å². The summed E-state index contributed by atoms with van der Waals surface area (Å²) in [5, 5.41) is 13.3. The Hall–Kier alpha value is -0.420. The van der Waals surface area contributed by atoms with E-state index in [0.717, 1.165) is 32.2 Å². The van der Waals surface area contributed by atoms with E-state index < -0.39 is 0 Å². The molecule has 3 atom stereocenters. The minimum atomic E-state index is -0.118. The molecule has 1 heterocycles. The van der Waals surface area contributed by atoms with Gasteiger partial charge in [0.2, 0.25) is 0 Å². The molecule has 2 N–H and O–H groups in total. The Labute approximate surface area is 120 Å². The molecular formula is C14H26N2O2S. The van der Waals surface area contributed by atoms with Gasteiger partial charge < -0.3 is 15.3 Å². The molecule has 2 rings (SSSR count). The molecule has 3 unspecified atom stereocenters. The molecule has 110 valence electrons. The number of carbonyl (C=O) groups is 1. The normalized spacial score (nSPS) is 35.4. The Bertz CT molecular complexity index is 327. The lowest BCUT2D eigenvalue weighted by Crippen LogP contribution is -2.51. The maximum atomic E-state index is 12.3. The molecule has 0 aromatic heterocycles. The molecule has 2 fully saturated rings. The Morgan fingerprint density at radius 1 is 1.53 bits per heavy atom. The van der Waals surface area contributed by atoms with E-state index in [1.807, 2.05) is 16.7 Å². The zero-order valence-electron chi connectivity index (χ0n) is 12.0. The van der Waals surface area contributed by atoms with Crippen LogP contribution < -0.4 is 5.32 Å². The second-order valence-corrected chi connectivity index (χ2v) is 7.45. The summed E-state index contributed by atoms with van der Waals surface area (Å²) in [5.41, 5.74) is -0.118. The number of thioether (sulfide) groups is 1. The van der Waals surface area contributed by atoms with Crippen LogP contribution in [0.2, 0.25) is 0 Å². The Morgan fingerprint density at radius 3 is 2.95 bits per heavy atom. The van der Waals surface area contributed by atoms with Crippen LogP contribution in [0, 0.1) is 5.41 Å². The minimum absolute atomic E-state index is 0.0612. The summed E-state index contributed by atoms with van der Waals surface area (Å²) in [7, 11) is 0. The fraction of sp³-hybridized carbons (Fsp3) is 0.929. The van der Waals surface area contributed by atoms with E-state index in [0.29, 0.717) is 17.8 Å². The molecule has 1 aliphatic carbocycles. The molecule has 5 heteroatoms. The largest absolute Gasteiger partial charge is 0.396 e. The number of hydrogen-bond donors (Lipinski definition) is 2. The average Bonchev–Trinajstić information content (AvgIpc) is 2.86. The predicted octanol–water partition coefficient (Wildman–Crippen LogP) is 2.07. The van der Waals surface area contributed by atoms with Crippen molar-refractivity contribution in [1.29, 1.82) is 0 Å². The molecule has 19 heavy (non-hydrogen) atoms. The summed E-state index contributed by atoms with van der Waals surface area (Å²) in [5.74, 6) is 0. The van der Waals surface area contributed by atoms with E-state index in [4.69, 9.17) is 0 Å². The molecule has 0 radical (unpaired) electrons. The van der Waals surface area contributed by atoms with Crippen molar-refractivity contribution in [3.05, 3.63) is 0 Å². The standard InChI is InChI=1S/C14H26N2O2S/c1-14(10-17)6-3-7-16(9-14)13(18)15-11-4-5-12(8-11)19-2/h11-12,17H,3-10H2,1-2H3,(H,15,18). The van der Waals surface area contributed by atoms with Crippen LogP contribution in [0.3, 0.4) is 0 Å². The maximum Gasteiger partial charge on any atom is 0.317 e. The number of nitrogens with zero attached hydrogens (tertiary/aromatic N) is 1. The zero-order valence-corrected chi connectivity index (χ0v) is 12.8. The fourth-order valence-corrected chi connectivity index (χ4v) is 3.97. The zero-order chi connectivity index (χ0) is 13.9. The van der Waals surface area contributed by atoms with Gasteiger partial charge in [-0.2, -0.15) is 11.8 Å². The van der Waals surface area contributed by atoms with Gasteiger partial charge in [-0.25, -0.2) is 4.79 Å². The van der Waals surface area contributed by atoms with Gasteiger partial charge in [0.15, 0.2) is 0 Å². The maximum absolute atomic E-state index is 12.3. The lowest BCUT2D eigenvalue weighted by Gasteiger charge is -2.39. The van der Waals surface area contributed by atoms with Gasteiger partial charge in [-0.05, 0) is 38.4 Å². The van der Waals surface area contributed by atoms with Crippen LogP contribution in [-0.2, 0) is 0 Å². The highest BCUT2D eigenvalue weighted by molar-refractivity contribution is 7.99. The topological polar surface area (TPSA) is 52.6 Å². The second kappa shape index (κ2) is 6.35. The van der Waals surface area contributed by atoms with Gasteiger partial charge in [0.1, 0.15) is 0 Å². The van der Waals surface area contributed by atoms with Crippen molar-refractivity contribution in [3.8, 4) is 0 Å². The fourth-order valence-electron chi connectivity index (χ4n) is 3.17. The van der Waals surface area contributed by atoms with Crippen molar-refractivity contribution in [1.82, 2.24) is 10.2 Å². The van der Waals surface area contributed by atoms with Gasteiger partial charge in [0.25, 0.3) is 0 Å². The number of piperidine rings is 1. The van der Waals surface area contributed by atoms with Crippen LogP contribution in [0.25, 0.3) is 0 Å². The SMILES string of the molecule is CSC1CCC(NC(=O)N2CCCC(C)(CO)C2)C1. The number of likely N-dealkylation sites (tertiary alicyclic amines) is 1. The van der Waals surface area contributed by atoms with Crippen LogP contribution in [0.1, 0.15) is 39.0 Å². The molecular weight excluding hydrogens is 260 g/mol. The number of carbonyl (C=O) groups excluding carboxylic acids is 1. The van der Waals surface area contributed by atoms with Gasteiger partial charge in [0.05, 0.1) is 6.61 Å². The van der Waals surface area contributed by atoms with E-state index in [1.54, 1.807) is 0 Å². The van der Waals surface area contributed by atoms with Crippen LogP contribution >= 0.6 is 11.8 Å². The number of amides is 2. The van der Waals surface area contributed by atoms with Crippen molar-refractivity contribution in [2.75, 3.05) is 26.0 Å². The van der Waals surface area contributed by atoms with E-state index in [-0.39, 0.29) is 18.1 Å². The molecule has 1 saturated carbocycles. The smallest absolute Gasteiger partial charge is 0.317 e. The summed E-state index contributed by atoms with van der Waals surface area (Å²) in [6.45, 7) is 3.72. The van der Waals surface area contributed by atoms with Crippen molar-refractivity contribution in [2.24, 2.45) is 5.41 Å². The van der Waals surface area contributed by atoms with E-state index in [1.165, 1.54) is 6.42 Å². The van der Waals surface area contributed by atoms with Crippen LogP contribution in [0.4, 0.5) is 4.79 Å². The minimum Gasteiger partial charge on any atom is -0.396 e. The molecule has 2 aliphatic rings. The number of aliphatic hydroxyl groups excluding tert-OH is 1. The third kappa shape index (κ3) is 3.78. The van der Waals surface area contributed by atoms with Gasteiger partial charge in [-0.3, -0.25) is 0 Å². The van der Waals surface area contributed by atoms with Crippen LogP contribution in [0.5, 0.6) is 0 Å². The van der Waals surface area contributed by atoms with E-state index in [2.05, 4.69) is 18.5 Å². The first-order valence-electron chi connectivity index (χ1n) is 7.25.